The maximum Gasteiger partial charge on any atom is 0.293 e. The molecule has 0 aliphatic carbocycles. The second-order valence-electron chi connectivity index (χ2n) is 6.66. The summed E-state index contributed by atoms with van der Waals surface area (Å²) in [6.45, 7) is 4.67. The molecule has 1 amide bonds. The van der Waals surface area contributed by atoms with Crippen LogP contribution in [0.2, 0.25) is 0 Å². The Labute approximate surface area is 155 Å². The van der Waals surface area contributed by atoms with Gasteiger partial charge in [0.1, 0.15) is 24.1 Å². The first-order valence-electron chi connectivity index (χ1n) is 9.16. The molecule has 3 aromatic rings. The molecule has 1 atom stereocenters. The van der Waals surface area contributed by atoms with E-state index in [9.17, 15) is 9.59 Å². The van der Waals surface area contributed by atoms with Gasteiger partial charge in [0.15, 0.2) is 5.76 Å². The first-order chi connectivity index (χ1) is 13.2. The van der Waals surface area contributed by atoms with Crippen molar-refractivity contribution in [2.24, 2.45) is 0 Å². The van der Waals surface area contributed by atoms with Crippen LogP contribution in [0, 0.1) is 0 Å². The molecule has 1 aliphatic heterocycles. The van der Waals surface area contributed by atoms with E-state index in [1.54, 1.807) is 24.5 Å². The number of carbonyl (C=O) groups is 1. The van der Waals surface area contributed by atoms with E-state index in [2.05, 4.69) is 27.3 Å². The topological polar surface area (TPSA) is 97.7 Å². The molecule has 142 valence electrons. The van der Waals surface area contributed by atoms with Crippen LogP contribution in [0.1, 0.15) is 19.8 Å². The smallest absolute Gasteiger partial charge is 0.293 e. The number of nitrogens with zero attached hydrogens (tertiary/aromatic N) is 5. The largest absolute Gasteiger partial charge is 0.463 e. The van der Waals surface area contributed by atoms with Crippen molar-refractivity contribution < 1.29 is 9.21 Å². The van der Waals surface area contributed by atoms with E-state index in [-0.39, 0.29) is 18.0 Å². The van der Waals surface area contributed by atoms with Gasteiger partial charge in [-0.15, -0.1) is 0 Å². The SMILES string of the molecule is CCN1CCC[C@H]1CNC(=O)Cn1ncn2nc(-c3ccco3)cc2c1=O. The summed E-state index contributed by atoms with van der Waals surface area (Å²) in [5, 5.41) is 11.3. The van der Waals surface area contributed by atoms with Crippen LogP contribution in [0.5, 0.6) is 0 Å². The molecule has 4 heterocycles. The fourth-order valence-corrected chi connectivity index (χ4v) is 3.56. The fraction of sp³-hybridized carbons (Fsp3) is 0.444. The molecule has 27 heavy (non-hydrogen) atoms. The maximum atomic E-state index is 12.6. The predicted molar refractivity (Wildman–Crippen MR) is 98.2 cm³/mol. The van der Waals surface area contributed by atoms with Gasteiger partial charge in [-0.25, -0.2) is 9.20 Å². The van der Waals surface area contributed by atoms with Crippen molar-refractivity contribution >= 4 is 11.4 Å². The number of fused-ring (bicyclic) bond motifs is 1. The van der Waals surface area contributed by atoms with Gasteiger partial charge in [0, 0.05) is 18.7 Å². The molecule has 0 radical (unpaired) electrons. The molecule has 1 N–H and O–H groups in total. The van der Waals surface area contributed by atoms with Crippen LogP contribution in [-0.4, -0.2) is 55.9 Å². The van der Waals surface area contributed by atoms with Gasteiger partial charge in [0.25, 0.3) is 5.56 Å². The zero-order valence-corrected chi connectivity index (χ0v) is 15.2. The Kier molecular flexibility index (Phi) is 4.76. The van der Waals surface area contributed by atoms with Crippen LogP contribution < -0.4 is 10.9 Å². The number of hydrogen-bond donors (Lipinski definition) is 1. The van der Waals surface area contributed by atoms with Gasteiger partial charge in [-0.05, 0) is 38.1 Å². The lowest BCUT2D eigenvalue weighted by Gasteiger charge is -2.22. The zero-order chi connectivity index (χ0) is 18.8. The molecule has 1 fully saturated rings. The summed E-state index contributed by atoms with van der Waals surface area (Å²) in [4.78, 5) is 27.3. The summed E-state index contributed by atoms with van der Waals surface area (Å²) >= 11 is 0. The predicted octanol–water partition coefficient (Wildman–Crippen LogP) is 0.752. The standard InChI is InChI=1S/C18H22N6O3/c1-2-22-7-3-5-13(22)10-19-17(25)11-23-18(26)15-9-14(16-6-4-8-27-16)21-24(15)12-20-23/h4,6,8-9,12-13H,2-3,5,7,10-11H2,1H3,(H,19,25)/t13-/m0/s1. The second kappa shape index (κ2) is 7.36. The highest BCUT2D eigenvalue weighted by Crippen LogP contribution is 2.18. The highest BCUT2D eigenvalue weighted by atomic mass is 16.3. The van der Waals surface area contributed by atoms with Gasteiger partial charge in [-0.2, -0.15) is 10.2 Å². The lowest BCUT2D eigenvalue weighted by Crippen LogP contribution is -2.42. The maximum absolute atomic E-state index is 12.6. The lowest BCUT2D eigenvalue weighted by atomic mass is 10.2. The van der Waals surface area contributed by atoms with Crippen LogP contribution in [0.25, 0.3) is 17.0 Å². The third-order valence-corrected chi connectivity index (χ3v) is 5.00. The number of likely N-dealkylation sites (N-methyl/N-ethyl adjacent to an activating group) is 1. The minimum absolute atomic E-state index is 0.116. The third kappa shape index (κ3) is 3.50. The Bertz CT molecular complexity index is 990. The van der Waals surface area contributed by atoms with Gasteiger partial charge in [0.05, 0.1) is 6.26 Å². The number of furan rings is 1. The molecule has 3 aromatic heterocycles. The minimum Gasteiger partial charge on any atom is -0.463 e. The highest BCUT2D eigenvalue weighted by Gasteiger charge is 2.23. The van der Waals surface area contributed by atoms with Crippen LogP contribution in [0.15, 0.2) is 40.0 Å². The molecule has 1 aliphatic rings. The van der Waals surface area contributed by atoms with Crippen LogP contribution in [0.4, 0.5) is 0 Å². The third-order valence-electron chi connectivity index (χ3n) is 5.00. The minimum atomic E-state index is -0.367. The Hall–Kier alpha value is -2.94. The Morgan fingerprint density at radius 1 is 1.44 bits per heavy atom. The molecular formula is C18H22N6O3. The van der Waals surface area contributed by atoms with Crippen LogP contribution in [-0.2, 0) is 11.3 Å². The van der Waals surface area contributed by atoms with Crippen molar-refractivity contribution in [2.75, 3.05) is 19.6 Å². The highest BCUT2D eigenvalue weighted by molar-refractivity contribution is 5.75. The normalized spacial score (nSPS) is 17.6. The van der Waals surface area contributed by atoms with E-state index in [0.29, 0.717) is 29.6 Å². The van der Waals surface area contributed by atoms with Crippen molar-refractivity contribution in [3.05, 3.63) is 41.1 Å². The molecular weight excluding hydrogens is 348 g/mol. The number of rotatable bonds is 6. The summed E-state index contributed by atoms with van der Waals surface area (Å²) in [6.07, 6.45) is 5.21. The van der Waals surface area contributed by atoms with E-state index >= 15 is 0 Å². The van der Waals surface area contributed by atoms with Crippen molar-refractivity contribution in [1.82, 2.24) is 29.6 Å². The van der Waals surface area contributed by atoms with E-state index in [0.717, 1.165) is 30.6 Å². The van der Waals surface area contributed by atoms with Crippen molar-refractivity contribution in [3.8, 4) is 11.5 Å². The molecule has 0 aromatic carbocycles. The average Bonchev–Trinajstić information content (AvgIpc) is 3.41. The number of amides is 1. The monoisotopic (exact) mass is 370 g/mol. The number of nitrogens with one attached hydrogen (secondary N) is 1. The van der Waals surface area contributed by atoms with Gasteiger partial charge in [0.2, 0.25) is 5.91 Å². The molecule has 9 nitrogen and oxygen atoms in total. The van der Waals surface area contributed by atoms with Crippen LogP contribution in [0.3, 0.4) is 0 Å². The molecule has 4 rings (SSSR count). The second-order valence-corrected chi connectivity index (χ2v) is 6.66. The number of carbonyl (C=O) groups excluding carboxylic acids is 1. The fourth-order valence-electron chi connectivity index (χ4n) is 3.56. The van der Waals surface area contributed by atoms with Crippen molar-refractivity contribution in [3.63, 3.8) is 0 Å². The number of hydrogen-bond acceptors (Lipinski definition) is 6. The van der Waals surface area contributed by atoms with Gasteiger partial charge < -0.3 is 9.73 Å². The first kappa shape index (κ1) is 17.5. The molecule has 1 saturated heterocycles. The Balaban J connectivity index is 1.46. The first-order valence-corrected chi connectivity index (χ1v) is 9.16. The van der Waals surface area contributed by atoms with Gasteiger partial charge >= 0.3 is 0 Å². The summed E-state index contributed by atoms with van der Waals surface area (Å²) in [6, 6.07) is 5.53. The van der Waals surface area contributed by atoms with E-state index in [4.69, 9.17) is 4.42 Å². The summed E-state index contributed by atoms with van der Waals surface area (Å²) in [5.41, 5.74) is 0.521. The van der Waals surface area contributed by atoms with Gasteiger partial charge in [-0.1, -0.05) is 6.92 Å². The van der Waals surface area contributed by atoms with E-state index < -0.39 is 0 Å². The Morgan fingerprint density at radius 2 is 2.33 bits per heavy atom. The Morgan fingerprint density at radius 3 is 3.11 bits per heavy atom. The zero-order valence-electron chi connectivity index (χ0n) is 15.2. The lowest BCUT2D eigenvalue weighted by molar-refractivity contribution is -0.122. The molecule has 9 heteroatoms. The molecule has 0 saturated carbocycles. The quantitative estimate of drug-likeness (QED) is 0.688. The molecule has 0 spiro atoms. The number of aromatic nitrogens is 4. The molecule has 0 unspecified atom stereocenters. The summed E-state index contributed by atoms with van der Waals surface area (Å²) < 4.78 is 7.86. The molecule has 0 bridgehead atoms. The average molecular weight is 370 g/mol. The van der Waals surface area contributed by atoms with Crippen molar-refractivity contribution in [2.45, 2.75) is 32.4 Å². The number of likely N-dealkylation sites (tertiary alicyclic amines) is 1. The van der Waals surface area contributed by atoms with Crippen molar-refractivity contribution in [1.29, 1.82) is 0 Å². The summed E-state index contributed by atoms with van der Waals surface area (Å²) in [5.74, 6) is 0.349. The van der Waals surface area contributed by atoms with Gasteiger partial charge in [-0.3, -0.25) is 14.5 Å². The van der Waals surface area contributed by atoms with Crippen LogP contribution >= 0.6 is 0 Å². The summed E-state index contributed by atoms with van der Waals surface area (Å²) in [7, 11) is 0. The van der Waals surface area contributed by atoms with E-state index in [1.807, 2.05) is 0 Å². The van der Waals surface area contributed by atoms with E-state index in [1.165, 1.54) is 10.8 Å².